The fourth-order valence-electron chi connectivity index (χ4n) is 0.990. The Balaban J connectivity index is 1.83. The Bertz CT molecular complexity index is 226. The van der Waals surface area contributed by atoms with Crippen molar-refractivity contribution in [1.29, 1.82) is 0 Å². The van der Waals surface area contributed by atoms with Crippen LogP contribution < -0.4 is 5.32 Å². The number of nitrogens with one attached hydrogen (secondary N) is 1. The molecule has 0 spiro atoms. The zero-order chi connectivity index (χ0) is 7.73. The van der Waals surface area contributed by atoms with Gasteiger partial charge in [0.2, 0.25) is 0 Å². The van der Waals surface area contributed by atoms with Crippen LogP contribution in [0.3, 0.4) is 0 Å². The summed E-state index contributed by atoms with van der Waals surface area (Å²) < 4.78 is 0. The van der Waals surface area contributed by atoms with Crippen molar-refractivity contribution >= 4 is 16.5 Å². The molecule has 1 saturated carbocycles. The molecule has 60 valence electrons. The first-order valence-corrected chi connectivity index (χ1v) is 4.80. The molecule has 0 aliphatic heterocycles. The topological polar surface area (TPSA) is 24.9 Å². The summed E-state index contributed by atoms with van der Waals surface area (Å²) in [6.45, 7) is 3.40. The fourth-order valence-corrected chi connectivity index (χ4v) is 1.52. The van der Waals surface area contributed by atoms with Crippen molar-refractivity contribution in [1.82, 2.24) is 4.98 Å². The first kappa shape index (κ1) is 7.10. The zero-order valence-electron chi connectivity index (χ0n) is 6.63. The van der Waals surface area contributed by atoms with Gasteiger partial charge in [0, 0.05) is 18.1 Å². The van der Waals surface area contributed by atoms with Gasteiger partial charge in [-0.05, 0) is 18.3 Å². The quantitative estimate of drug-likeness (QED) is 0.749. The molecule has 0 aromatic carbocycles. The Morgan fingerprint density at radius 1 is 1.73 bits per heavy atom. The molecule has 0 amide bonds. The minimum Gasteiger partial charge on any atom is -0.361 e. The van der Waals surface area contributed by atoms with E-state index in [4.69, 9.17) is 0 Å². The first-order chi connectivity index (χ1) is 5.29. The monoisotopic (exact) mass is 168 g/mol. The van der Waals surface area contributed by atoms with E-state index < -0.39 is 0 Å². The summed E-state index contributed by atoms with van der Waals surface area (Å²) in [6, 6.07) is 0. The molecule has 0 unspecified atom stereocenters. The van der Waals surface area contributed by atoms with Crippen LogP contribution in [0.4, 0.5) is 5.13 Å². The Hall–Kier alpha value is -0.570. The molecule has 3 heteroatoms. The highest BCUT2D eigenvalue weighted by atomic mass is 32.1. The van der Waals surface area contributed by atoms with Gasteiger partial charge in [-0.15, -0.1) is 11.3 Å². The molecule has 1 fully saturated rings. The summed E-state index contributed by atoms with van der Waals surface area (Å²) in [7, 11) is 0. The highest BCUT2D eigenvalue weighted by molar-refractivity contribution is 7.13. The number of hydrogen-bond donors (Lipinski definition) is 1. The van der Waals surface area contributed by atoms with Gasteiger partial charge in [0.1, 0.15) is 0 Å². The molecule has 1 aromatic heterocycles. The molecule has 1 aliphatic carbocycles. The third kappa shape index (κ3) is 1.71. The summed E-state index contributed by atoms with van der Waals surface area (Å²) in [6.07, 6.45) is 4.57. The Labute approximate surface area is 70.7 Å². The maximum absolute atomic E-state index is 4.15. The van der Waals surface area contributed by atoms with Crippen molar-refractivity contribution in [3.8, 4) is 0 Å². The van der Waals surface area contributed by atoms with E-state index in [1.807, 2.05) is 11.6 Å². The van der Waals surface area contributed by atoms with Crippen molar-refractivity contribution in [3.63, 3.8) is 0 Å². The van der Waals surface area contributed by atoms with Crippen LogP contribution in [0.25, 0.3) is 0 Å². The number of nitrogens with zero attached hydrogens (tertiary/aromatic N) is 1. The molecule has 2 nitrogen and oxygen atoms in total. The fraction of sp³-hybridized carbons (Fsp3) is 0.625. The first-order valence-electron chi connectivity index (χ1n) is 3.92. The zero-order valence-corrected chi connectivity index (χ0v) is 7.45. The van der Waals surface area contributed by atoms with Gasteiger partial charge < -0.3 is 5.32 Å². The lowest BCUT2D eigenvalue weighted by atomic mass is 10.1. The van der Waals surface area contributed by atoms with E-state index in [1.165, 1.54) is 12.8 Å². The maximum Gasteiger partial charge on any atom is 0.182 e. The normalized spacial score (nSPS) is 19.7. The average molecular weight is 168 g/mol. The van der Waals surface area contributed by atoms with Gasteiger partial charge in [-0.25, -0.2) is 4.98 Å². The molecule has 1 heterocycles. The van der Waals surface area contributed by atoms with Crippen LogP contribution in [0.2, 0.25) is 0 Å². The Kier molecular flexibility index (Phi) is 1.60. The highest BCUT2D eigenvalue weighted by Gasteiger charge is 2.36. The van der Waals surface area contributed by atoms with Crippen LogP contribution in [-0.2, 0) is 0 Å². The second-order valence-corrected chi connectivity index (χ2v) is 4.40. The van der Waals surface area contributed by atoms with Gasteiger partial charge in [-0.2, -0.15) is 0 Å². The Morgan fingerprint density at radius 3 is 3.09 bits per heavy atom. The summed E-state index contributed by atoms with van der Waals surface area (Å²) in [4.78, 5) is 4.15. The van der Waals surface area contributed by atoms with Gasteiger partial charge in [0.25, 0.3) is 0 Å². The van der Waals surface area contributed by atoms with Gasteiger partial charge in [0.05, 0.1) is 0 Å². The SMILES string of the molecule is CC1(CNc2nccs2)CC1. The molecule has 1 aliphatic rings. The summed E-state index contributed by atoms with van der Waals surface area (Å²) in [5, 5.41) is 6.39. The van der Waals surface area contributed by atoms with Gasteiger partial charge in [-0.3, -0.25) is 0 Å². The number of aromatic nitrogens is 1. The van der Waals surface area contributed by atoms with E-state index in [0.717, 1.165) is 11.7 Å². The minimum atomic E-state index is 0.575. The van der Waals surface area contributed by atoms with Crippen molar-refractivity contribution in [2.24, 2.45) is 5.41 Å². The molecule has 1 N–H and O–H groups in total. The summed E-state index contributed by atoms with van der Waals surface area (Å²) in [5.41, 5.74) is 0.575. The van der Waals surface area contributed by atoms with Crippen LogP contribution in [0, 0.1) is 5.41 Å². The van der Waals surface area contributed by atoms with Crippen molar-refractivity contribution in [2.45, 2.75) is 19.8 Å². The lowest BCUT2D eigenvalue weighted by Gasteiger charge is -2.07. The van der Waals surface area contributed by atoms with Crippen molar-refractivity contribution < 1.29 is 0 Å². The number of hydrogen-bond acceptors (Lipinski definition) is 3. The van der Waals surface area contributed by atoms with E-state index in [2.05, 4.69) is 17.2 Å². The number of anilines is 1. The summed E-state index contributed by atoms with van der Waals surface area (Å²) >= 11 is 1.67. The maximum atomic E-state index is 4.15. The van der Waals surface area contributed by atoms with E-state index in [-0.39, 0.29) is 0 Å². The summed E-state index contributed by atoms with van der Waals surface area (Å²) in [5.74, 6) is 0. The van der Waals surface area contributed by atoms with Gasteiger partial charge in [-0.1, -0.05) is 6.92 Å². The van der Waals surface area contributed by atoms with E-state index in [1.54, 1.807) is 11.3 Å². The van der Waals surface area contributed by atoms with Crippen LogP contribution in [-0.4, -0.2) is 11.5 Å². The molecule has 11 heavy (non-hydrogen) atoms. The second-order valence-electron chi connectivity index (χ2n) is 3.50. The molecule has 1 aromatic rings. The van der Waals surface area contributed by atoms with Crippen LogP contribution in [0.5, 0.6) is 0 Å². The second kappa shape index (κ2) is 2.48. The predicted octanol–water partition coefficient (Wildman–Crippen LogP) is 2.36. The number of thiazole rings is 1. The van der Waals surface area contributed by atoms with E-state index in [9.17, 15) is 0 Å². The van der Waals surface area contributed by atoms with Gasteiger partial charge in [0.15, 0.2) is 5.13 Å². The van der Waals surface area contributed by atoms with Crippen LogP contribution >= 0.6 is 11.3 Å². The van der Waals surface area contributed by atoms with Crippen molar-refractivity contribution in [2.75, 3.05) is 11.9 Å². The van der Waals surface area contributed by atoms with Crippen LogP contribution in [0.1, 0.15) is 19.8 Å². The predicted molar refractivity (Wildman–Crippen MR) is 47.9 cm³/mol. The van der Waals surface area contributed by atoms with E-state index >= 15 is 0 Å². The highest BCUT2D eigenvalue weighted by Crippen LogP contribution is 2.44. The lowest BCUT2D eigenvalue weighted by molar-refractivity contribution is 0.610. The molecular formula is C8H12N2S. The minimum absolute atomic E-state index is 0.575. The van der Waals surface area contributed by atoms with Crippen LogP contribution in [0.15, 0.2) is 11.6 Å². The standard InChI is InChI=1S/C8H12N2S/c1-8(2-3-8)6-10-7-9-4-5-11-7/h4-5H,2-3,6H2,1H3,(H,9,10). The third-order valence-electron chi connectivity index (χ3n) is 2.20. The largest absolute Gasteiger partial charge is 0.361 e. The number of rotatable bonds is 3. The molecule has 0 bridgehead atoms. The molecule has 0 atom stereocenters. The Morgan fingerprint density at radius 2 is 2.55 bits per heavy atom. The van der Waals surface area contributed by atoms with E-state index in [0.29, 0.717) is 5.41 Å². The average Bonchev–Trinajstić information content (AvgIpc) is 2.53. The van der Waals surface area contributed by atoms with Crippen molar-refractivity contribution in [3.05, 3.63) is 11.6 Å². The molecule has 2 rings (SSSR count). The third-order valence-corrected chi connectivity index (χ3v) is 2.93. The molecule has 0 radical (unpaired) electrons. The van der Waals surface area contributed by atoms with Gasteiger partial charge >= 0.3 is 0 Å². The molecular weight excluding hydrogens is 156 g/mol. The lowest BCUT2D eigenvalue weighted by Crippen LogP contribution is -2.11. The smallest absolute Gasteiger partial charge is 0.182 e. The molecule has 0 saturated heterocycles.